The molecule has 3 nitrogen and oxygen atoms in total. The average Bonchev–Trinajstić information content (AvgIpc) is 2.91. The molecule has 2 N–H and O–H groups in total. The van der Waals surface area contributed by atoms with Gasteiger partial charge in [0.2, 0.25) is 0 Å². The zero-order valence-electron chi connectivity index (χ0n) is 11.9. The maximum absolute atomic E-state index is 9.94. The Kier molecular flexibility index (Phi) is 5.59. The molecule has 1 aromatic heterocycles. The van der Waals surface area contributed by atoms with Crippen LogP contribution in [0, 0.1) is 13.8 Å². The number of hydrogen-bond donors (Lipinski definition) is 2. The maximum Gasteiger partial charge on any atom is 0.125 e. The lowest BCUT2D eigenvalue weighted by atomic mass is 10.1. The lowest BCUT2D eigenvalue weighted by Crippen LogP contribution is -2.31. The molecule has 20 heavy (non-hydrogen) atoms. The van der Waals surface area contributed by atoms with Crippen LogP contribution >= 0.6 is 11.3 Å². The van der Waals surface area contributed by atoms with Gasteiger partial charge in [0.1, 0.15) is 18.5 Å². The lowest BCUT2D eigenvalue weighted by Gasteiger charge is -2.16. The summed E-state index contributed by atoms with van der Waals surface area (Å²) in [7, 11) is 0. The van der Waals surface area contributed by atoms with Crippen LogP contribution < -0.4 is 10.1 Å². The minimum Gasteiger partial charge on any atom is -0.490 e. The van der Waals surface area contributed by atoms with E-state index in [2.05, 4.69) is 16.8 Å². The molecule has 1 unspecified atom stereocenters. The Balaban J connectivity index is 1.73. The molecule has 2 rings (SSSR count). The fraction of sp³-hybridized carbons (Fsp3) is 0.375. The van der Waals surface area contributed by atoms with Gasteiger partial charge in [-0.25, -0.2) is 0 Å². The zero-order chi connectivity index (χ0) is 14.4. The topological polar surface area (TPSA) is 41.5 Å². The molecule has 0 aliphatic heterocycles. The van der Waals surface area contributed by atoms with E-state index in [0.717, 1.165) is 23.4 Å². The van der Waals surface area contributed by atoms with E-state index in [4.69, 9.17) is 4.74 Å². The van der Waals surface area contributed by atoms with Gasteiger partial charge in [-0.3, -0.25) is 0 Å². The molecule has 1 atom stereocenters. The Morgan fingerprint density at radius 2 is 1.95 bits per heavy atom. The predicted octanol–water partition coefficient (Wildman–Crippen LogP) is 2.89. The van der Waals surface area contributed by atoms with Crippen LogP contribution in [0.5, 0.6) is 5.75 Å². The predicted molar refractivity (Wildman–Crippen MR) is 83.4 cm³/mol. The van der Waals surface area contributed by atoms with E-state index in [1.807, 2.05) is 38.1 Å². The number of aryl methyl sites for hydroxylation is 2. The molecule has 4 heteroatoms. The number of thiophene rings is 1. The molecular formula is C16H21NO2S. The van der Waals surface area contributed by atoms with Crippen molar-refractivity contribution in [2.45, 2.75) is 26.5 Å². The van der Waals surface area contributed by atoms with Gasteiger partial charge in [-0.1, -0.05) is 24.3 Å². The van der Waals surface area contributed by atoms with Crippen LogP contribution in [-0.4, -0.2) is 24.4 Å². The van der Waals surface area contributed by atoms with Crippen LogP contribution in [-0.2, 0) is 6.54 Å². The number of benzene rings is 1. The van der Waals surface area contributed by atoms with E-state index in [-0.39, 0.29) is 0 Å². The van der Waals surface area contributed by atoms with Gasteiger partial charge in [-0.05, 0) is 36.4 Å². The Labute approximate surface area is 124 Å². The van der Waals surface area contributed by atoms with Crippen molar-refractivity contribution < 1.29 is 9.84 Å². The number of aliphatic hydroxyl groups is 1. The van der Waals surface area contributed by atoms with Crippen LogP contribution in [0.15, 0.2) is 35.7 Å². The van der Waals surface area contributed by atoms with Gasteiger partial charge in [0.05, 0.1) is 0 Å². The Hall–Kier alpha value is -1.36. The van der Waals surface area contributed by atoms with Crippen molar-refractivity contribution in [2.75, 3.05) is 13.2 Å². The maximum atomic E-state index is 9.94. The largest absolute Gasteiger partial charge is 0.490 e. The van der Waals surface area contributed by atoms with E-state index in [1.54, 1.807) is 11.3 Å². The third-order valence-electron chi connectivity index (χ3n) is 3.09. The molecule has 108 valence electrons. The van der Waals surface area contributed by atoms with Crippen LogP contribution in [0.25, 0.3) is 0 Å². The Morgan fingerprint density at radius 1 is 1.20 bits per heavy atom. The van der Waals surface area contributed by atoms with Crippen molar-refractivity contribution in [3.8, 4) is 5.75 Å². The fourth-order valence-electron chi connectivity index (χ4n) is 2.04. The molecule has 0 amide bonds. The zero-order valence-corrected chi connectivity index (χ0v) is 12.7. The molecule has 2 aromatic rings. The molecular weight excluding hydrogens is 270 g/mol. The molecule has 1 heterocycles. The Bertz CT molecular complexity index is 505. The SMILES string of the molecule is Cc1cccc(C)c1OCC(O)CNCc1cccs1. The standard InChI is InChI=1S/C16H21NO2S/c1-12-5-3-6-13(2)16(12)19-11-14(18)9-17-10-15-7-4-8-20-15/h3-8,14,17-18H,9-11H2,1-2H3. The van der Waals surface area contributed by atoms with E-state index >= 15 is 0 Å². The summed E-state index contributed by atoms with van der Waals surface area (Å²) < 4.78 is 5.73. The molecule has 0 bridgehead atoms. The minimum atomic E-state index is -0.506. The summed E-state index contributed by atoms with van der Waals surface area (Å²) in [6.45, 7) is 5.66. The molecule has 1 aromatic carbocycles. The van der Waals surface area contributed by atoms with E-state index in [9.17, 15) is 5.11 Å². The first-order valence-corrected chi connectivity index (χ1v) is 7.65. The van der Waals surface area contributed by atoms with Crippen molar-refractivity contribution in [3.05, 3.63) is 51.7 Å². The van der Waals surface area contributed by atoms with Gasteiger partial charge < -0.3 is 15.2 Å². The summed E-state index contributed by atoms with van der Waals surface area (Å²) in [5.74, 6) is 0.879. The summed E-state index contributed by atoms with van der Waals surface area (Å²) in [4.78, 5) is 1.27. The van der Waals surface area contributed by atoms with Gasteiger partial charge in [-0.2, -0.15) is 0 Å². The Morgan fingerprint density at radius 3 is 2.60 bits per heavy atom. The second-order valence-corrected chi connectivity index (χ2v) is 5.93. The quantitative estimate of drug-likeness (QED) is 0.824. The van der Waals surface area contributed by atoms with Crippen molar-refractivity contribution in [1.29, 1.82) is 0 Å². The van der Waals surface area contributed by atoms with Crippen LogP contribution in [0.3, 0.4) is 0 Å². The average molecular weight is 291 g/mol. The van der Waals surface area contributed by atoms with Crippen molar-refractivity contribution in [2.24, 2.45) is 0 Å². The molecule has 0 saturated heterocycles. The highest BCUT2D eigenvalue weighted by molar-refractivity contribution is 7.09. The van der Waals surface area contributed by atoms with Crippen molar-refractivity contribution >= 4 is 11.3 Å². The summed E-state index contributed by atoms with van der Waals surface area (Å²) in [6.07, 6.45) is -0.506. The van der Waals surface area contributed by atoms with E-state index in [1.165, 1.54) is 4.88 Å². The van der Waals surface area contributed by atoms with Gasteiger partial charge in [0.25, 0.3) is 0 Å². The first kappa shape index (κ1) is 15.0. The summed E-state index contributed by atoms with van der Waals surface area (Å²) in [5, 5.41) is 15.2. The van der Waals surface area contributed by atoms with Crippen LogP contribution in [0.1, 0.15) is 16.0 Å². The van der Waals surface area contributed by atoms with Crippen LogP contribution in [0.2, 0.25) is 0 Å². The summed E-state index contributed by atoms with van der Waals surface area (Å²) in [5.41, 5.74) is 2.20. The minimum absolute atomic E-state index is 0.309. The van der Waals surface area contributed by atoms with Crippen molar-refractivity contribution in [1.82, 2.24) is 5.32 Å². The van der Waals surface area contributed by atoms with Gasteiger partial charge >= 0.3 is 0 Å². The first-order valence-electron chi connectivity index (χ1n) is 6.77. The monoisotopic (exact) mass is 291 g/mol. The number of hydrogen-bond acceptors (Lipinski definition) is 4. The molecule has 0 saturated carbocycles. The molecule has 0 aliphatic carbocycles. The molecule has 0 radical (unpaired) electrons. The van der Waals surface area contributed by atoms with Gasteiger partial charge in [0.15, 0.2) is 0 Å². The second kappa shape index (κ2) is 7.43. The highest BCUT2D eigenvalue weighted by Gasteiger charge is 2.08. The smallest absolute Gasteiger partial charge is 0.125 e. The molecule has 0 spiro atoms. The number of para-hydroxylation sites is 1. The number of nitrogens with one attached hydrogen (secondary N) is 1. The first-order chi connectivity index (χ1) is 9.66. The summed E-state index contributed by atoms with van der Waals surface area (Å²) in [6, 6.07) is 10.2. The second-order valence-electron chi connectivity index (χ2n) is 4.90. The van der Waals surface area contributed by atoms with Crippen LogP contribution in [0.4, 0.5) is 0 Å². The van der Waals surface area contributed by atoms with Crippen molar-refractivity contribution in [3.63, 3.8) is 0 Å². The third kappa shape index (κ3) is 4.34. The van der Waals surface area contributed by atoms with E-state index < -0.39 is 6.10 Å². The number of rotatable bonds is 7. The normalized spacial score (nSPS) is 12.3. The molecule has 0 aliphatic rings. The van der Waals surface area contributed by atoms with Gasteiger partial charge in [0, 0.05) is 18.0 Å². The van der Waals surface area contributed by atoms with E-state index in [0.29, 0.717) is 13.2 Å². The summed E-state index contributed by atoms with van der Waals surface area (Å²) >= 11 is 1.71. The van der Waals surface area contributed by atoms with Gasteiger partial charge in [-0.15, -0.1) is 11.3 Å². The fourth-order valence-corrected chi connectivity index (χ4v) is 2.71. The number of ether oxygens (including phenoxy) is 1. The number of aliphatic hydroxyl groups excluding tert-OH is 1. The highest BCUT2D eigenvalue weighted by atomic mass is 32.1. The lowest BCUT2D eigenvalue weighted by molar-refractivity contribution is 0.105. The third-order valence-corrected chi connectivity index (χ3v) is 3.96. The molecule has 0 fully saturated rings. The highest BCUT2D eigenvalue weighted by Crippen LogP contribution is 2.22.